The van der Waals surface area contributed by atoms with Gasteiger partial charge in [-0.3, -0.25) is 14.9 Å². The lowest BCUT2D eigenvalue weighted by molar-refractivity contribution is -0.164. The van der Waals surface area contributed by atoms with Crippen LogP contribution in [-0.4, -0.2) is 40.0 Å². The monoisotopic (exact) mass is 569 g/mol. The maximum atomic E-state index is 15.0. The Hall–Kier alpha value is -3.77. The summed E-state index contributed by atoms with van der Waals surface area (Å²) in [5.41, 5.74) is -2.34. The minimum atomic E-state index is -4.83. The van der Waals surface area contributed by atoms with Crippen LogP contribution in [0.5, 0.6) is 0 Å². The fraction of sp³-hybridized carbons (Fsp3) is 0.208. The number of halogens is 6. The van der Waals surface area contributed by atoms with E-state index in [1.54, 1.807) is 0 Å². The third-order valence-corrected chi connectivity index (χ3v) is 5.94. The zero-order valence-electron chi connectivity index (χ0n) is 19.3. The van der Waals surface area contributed by atoms with Gasteiger partial charge in [-0.1, -0.05) is 23.2 Å². The minimum absolute atomic E-state index is 0.00507. The van der Waals surface area contributed by atoms with Gasteiger partial charge in [0.1, 0.15) is 22.8 Å². The molecule has 0 fully saturated rings. The number of anilines is 1. The smallest absolute Gasteiger partial charge is 0.411 e. The van der Waals surface area contributed by atoms with Gasteiger partial charge in [-0.15, -0.1) is 0 Å². The molecule has 1 aliphatic rings. The Labute approximate surface area is 223 Å². The van der Waals surface area contributed by atoms with Gasteiger partial charge in [-0.2, -0.15) is 13.2 Å². The van der Waals surface area contributed by atoms with E-state index in [-0.39, 0.29) is 27.7 Å². The van der Waals surface area contributed by atoms with Crippen LogP contribution < -0.4 is 10.6 Å². The molecule has 38 heavy (non-hydrogen) atoms. The molecule has 0 bridgehead atoms. The largest absolute Gasteiger partial charge is 0.454 e. The van der Waals surface area contributed by atoms with E-state index >= 15 is 0 Å². The molecule has 14 heteroatoms. The molecule has 0 saturated heterocycles. The number of benzene rings is 1. The van der Waals surface area contributed by atoms with Gasteiger partial charge in [0.15, 0.2) is 6.04 Å². The zero-order valence-corrected chi connectivity index (χ0v) is 20.8. The number of nitrogens with one attached hydrogen (secondary N) is 2. The first-order valence-corrected chi connectivity index (χ1v) is 11.6. The first kappa shape index (κ1) is 27.3. The van der Waals surface area contributed by atoms with Gasteiger partial charge in [-0.25, -0.2) is 19.4 Å². The molecule has 0 saturated carbocycles. The van der Waals surface area contributed by atoms with Crippen molar-refractivity contribution in [2.75, 3.05) is 5.32 Å². The molecular formula is C24H17Cl2F4N5O3. The van der Waals surface area contributed by atoms with E-state index in [0.29, 0.717) is 5.02 Å². The van der Waals surface area contributed by atoms with E-state index in [9.17, 15) is 27.2 Å². The number of amidine groups is 1. The number of pyridine rings is 2. The van der Waals surface area contributed by atoms with Crippen molar-refractivity contribution in [2.24, 2.45) is 4.99 Å². The average molecular weight is 570 g/mol. The highest BCUT2D eigenvalue weighted by atomic mass is 35.5. The number of hydrogen-bond donors (Lipinski definition) is 2. The third-order valence-electron chi connectivity index (χ3n) is 5.49. The van der Waals surface area contributed by atoms with Crippen LogP contribution in [0, 0.1) is 5.82 Å². The number of rotatable bonds is 4. The molecule has 1 aromatic carbocycles. The number of amides is 2. The molecular weight excluding hydrogens is 553 g/mol. The van der Waals surface area contributed by atoms with E-state index < -0.39 is 47.9 Å². The van der Waals surface area contributed by atoms with Crippen molar-refractivity contribution in [3.05, 3.63) is 87.7 Å². The quantitative estimate of drug-likeness (QED) is 0.402. The van der Waals surface area contributed by atoms with Crippen molar-refractivity contribution < 1.29 is 31.9 Å². The summed E-state index contributed by atoms with van der Waals surface area (Å²) in [5.74, 6) is -2.47. The average Bonchev–Trinajstić information content (AvgIpc) is 2.85. The molecule has 1 aliphatic heterocycles. The van der Waals surface area contributed by atoms with Crippen LogP contribution in [-0.2, 0) is 10.3 Å². The van der Waals surface area contributed by atoms with Crippen LogP contribution in [0.15, 0.2) is 59.9 Å². The van der Waals surface area contributed by atoms with Crippen LogP contribution in [0.2, 0.25) is 10.0 Å². The maximum absolute atomic E-state index is 15.0. The lowest BCUT2D eigenvalue weighted by Crippen LogP contribution is -2.48. The summed E-state index contributed by atoms with van der Waals surface area (Å²) in [6.45, 7) is 1.22. The maximum Gasteiger partial charge on any atom is 0.411 e. The van der Waals surface area contributed by atoms with Gasteiger partial charge in [-0.05, 0) is 49.4 Å². The summed E-state index contributed by atoms with van der Waals surface area (Å²) in [5, 5.41) is 5.20. The normalized spacial score (nSPS) is 19.2. The molecule has 0 radical (unpaired) electrons. The SMILES string of the molecule is C[C@@]1(c2cc(NC(=O)c3ccc(Cl)cn3)ccc2F)C[C@@H](C(F)(F)F)N=C(NC(=O)c2ccc(Cl)cn2)O1. The van der Waals surface area contributed by atoms with Crippen LogP contribution in [0.3, 0.4) is 0 Å². The molecule has 0 unspecified atom stereocenters. The van der Waals surface area contributed by atoms with Crippen molar-refractivity contribution in [1.29, 1.82) is 0 Å². The van der Waals surface area contributed by atoms with E-state index in [1.165, 1.54) is 49.6 Å². The zero-order chi connectivity index (χ0) is 27.7. The van der Waals surface area contributed by atoms with Crippen molar-refractivity contribution >= 4 is 46.7 Å². The van der Waals surface area contributed by atoms with Gasteiger partial charge in [0.2, 0.25) is 0 Å². The highest BCUT2D eigenvalue weighted by molar-refractivity contribution is 6.30. The Bertz CT molecular complexity index is 1400. The number of hydrogen-bond acceptors (Lipinski definition) is 6. The van der Waals surface area contributed by atoms with Gasteiger partial charge < -0.3 is 10.1 Å². The summed E-state index contributed by atoms with van der Waals surface area (Å²) in [6, 6.07) is 5.66. The second-order valence-electron chi connectivity index (χ2n) is 8.35. The number of aliphatic imine (C=N–C) groups is 1. The number of alkyl halides is 3. The van der Waals surface area contributed by atoms with Crippen LogP contribution in [0.25, 0.3) is 0 Å². The lowest BCUT2D eigenvalue weighted by atomic mass is 9.87. The Morgan fingerprint density at radius 3 is 2.08 bits per heavy atom. The van der Waals surface area contributed by atoms with Crippen molar-refractivity contribution in [1.82, 2.24) is 15.3 Å². The molecule has 8 nitrogen and oxygen atoms in total. The standard InChI is InChI=1S/C24H17Cl2F4N5O3/c1-23(15-8-14(4-5-16(15)27)33-20(36)17-6-2-12(25)10-31-17)9-19(24(28,29)30)34-22(38-23)35-21(37)18-7-3-13(26)11-32-18/h2-8,10-11,19H,9H2,1H3,(H,33,36)(H,34,35,37)/t19-,23-/m0/s1. The predicted octanol–water partition coefficient (Wildman–Crippen LogP) is 5.53. The van der Waals surface area contributed by atoms with Gasteiger partial charge in [0.25, 0.3) is 17.8 Å². The van der Waals surface area contributed by atoms with Gasteiger partial charge in [0.05, 0.1) is 10.0 Å². The van der Waals surface area contributed by atoms with E-state index in [4.69, 9.17) is 27.9 Å². The van der Waals surface area contributed by atoms with Gasteiger partial charge >= 0.3 is 6.18 Å². The number of carbonyl (C=O) groups is 2. The summed E-state index contributed by atoms with van der Waals surface area (Å²) >= 11 is 11.5. The third kappa shape index (κ3) is 6.20. The molecule has 0 spiro atoms. The topological polar surface area (TPSA) is 106 Å². The Balaban J connectivity index is 1.63. The number of nitrogens with zero attached hydrogens (tertiary/aromatic N) is 3. The molecule has 198 valence electrons. The molecule has 2 atom stereocenters. The molecule has 4 rings (SSSR count). The van der Waals surface area contributed by atoms with E-state index in [2.05, 4.69) is 25.6 Å². The second-order valence-corrected chi connectivity index (χ2v) is 9.23. The lowest BCUT2D eigenvalue weighted by Gasteiger charge is -2.38. The Morgan fingerprint density at radius 1 is 0.974 bits per heavy atom. The number of ether oxygens (including phenoxy) is 1. The number of aromatic nitrogens is 2. The summed E-state index contributed by atoms with van der Waals surface area (Å²) in [4.78, 5) is 36.2. The van der Waals surface area contributed by atoms with Crippen LogP contribution >= 0.6 is 23.2 Å². The van der Waals surface area contributed by atoms with Crippen molar-refractivity contribution in [3.8, 4) is 0 Å². The van der Waals surface area contributed by atoms with Crippen molar-refractivity contribution in [3.63, 3.8) is 0 Å². The van der Waals surface area contributed by atoms with Crippen molar-refractivity contribution in [2.45, 2.75) is 31.2 Å². The van der Waals surface area contributed by atoms with Gasteiger partial charge in [0, 0.05) is 30.1 Å². The Kier molecular flexibility index (Phi) is 7.56. The first-order valence-electron chi connectivity index (χ1n) is 10.8. The summed E-state index contributed by atoms with van der Waals surface area (Å²) < 4.78 is 61.9. The fourth-order valence-corrected chi connectivity index (χ4v) is 3.86. The molecule has 2 aromatic heterocycles. The first-order chi connectivity index (χ1) is 17.8. The minimum Gasteiger partial charge on any atom is -0.454 e. The molecule has 3 aromatic rings. The Morgan fingerprint density at radius 2 is 1.55 bits per heavy atom. The summed E-state index contributed by atoms with van der Waals surface area (Å²) in [7, 11) is 0. The molecule has 2 N–H and O–H groups in total. The summed E-state index contributed by atoms with van der Waals surface area (Å²) in [6.07, 6.45) is -3.20. The highest BCUT2D eigenvalue weighted by Gasteiger charge is 2.50. The van der Waals surface area contributed by atoms with E-state index in [0.717, 1.165) is 12.1 Å². The molecule has 2 amide bonds. The van der Waals surface area contributed by atoms with E-state index in [1.807, 2.05) is 0 Å². The predicted molar refractivity (Wildman–Crippen MR) is 131 cm³/mol. The van der Waals surface area contributed by atoms with Crippen LogP contribution in [0.4, 0.5) is 23.2 Å². The number of carbonyl (C=O) groups excluding carboxylic acids is 2. The highest BCUT2D eigenvalue weighted by Crippen LogP contribution is 2.41. The van der Waals surface area contributed by atoms with Crippen LogP contribution in [0.1, 0.15) is 39.9 Å². The fourth-order valence-electron chi connectivity index (χ4n) is 3.63. The molecule has 0 aliphatic carbocycles. The second kappa shape index (κ2) is 10.5. The molecule has 3 heterocycles.